The molecule has 0 aliphatic heterocycles. The molecule has 2 fully saturated rings. The van der Waals surface area contributed by atoms with Gasteiger partial charge in [-0.25, -0.2) is 0 Å². The molecular formula is C23H33NO2. The van der Waals surface area contributed by atoms with Crippen molar-refractivity contribution in [3.8, 4) is 0 Å². The molecule has 0 radical (unpaired) electrons. The summed E-state index contributed by atoms with van der Waals surface area (Å²) in [6.45, 7) is 2.36. The van der Waals surface area contributed by atoms with Crippen molar-refractivity contribution >= 4 is 11.7 Å². The SMILES string of the molecule is CCC12CCC3C4CCC(=NC)C=C4C=CC3C1CCC2CCC(=O)O. The van der Waals surface area contributed by atoms with Crippen LogP contribution < -0.4 is 0 Å². The average molecular weight is 356 g/mol. The first kappa shape index (κ1) is 18.0. The van der Waals surface area contributed by atoms with Crippen LogP contribution in [0.25, 0.3) is 0 Å². The Morgan fingerprint density at radius 2 is 2.15 bits per heavy atom. The highest BCUT2D eigenvalue weighted by molar-refractivity contribution is 5.96. The van der Waals surface area contributed by atoms with Crippen LogP contribution in [-0.2, 0) is 4.79 Å². The van der Waals surface area contributed by atoms with E-state index >= 15 is 0 Å². The largest absolute Gasteiger partial charge is 0.481 e. The molecule has 2 saturated carbocycles. The highest BCUT2D eigenvalue weighted by Gasteiger charge is 2.56. The highest BCUT2D eigenvalue weighted by atomic mass is 16.4. The van der Waals surface area contributed by atoms with E-state index in [9.17, 15) is 4.79 Å². The zero-order chi connectivity index (χ0) is 18.3. The van der Waals surface area contributed by atoms with E-state index in [1.165, 1.54) is 49.8 Å². The van der Waals surface area contributed by atoms with Gasteiger partial charge in [0.2, 0.25) is 0 Å². The molecular weight excluding hydrogens is 322 g/mol. The molecule has 6 atom stereocenters. The number of allylic oxidation sites excluding steroid dienone is 4. The molecule has 0 amide bonds. The number of carboxylic acid groups (broad SMARTS) is 1. The van der Waals surface area contributed by atoms with Crippen molar-refractivity contribution in [1.82, 2.24) is 0 Å². The summed E-state index contributed by atoms with van der Waals surface area (Å²) in [7, 11) is 1.91. The third-order valence-corrected chi connectivity index (χ3v) is 8.43. The Bertz CT molecular complexity index is 661. The summed E-state index contributed by atoms with van der Waals surface area (Å²) in [5.41, 5.74) is 3.17. The summed E-state index contributed by atoms with van der Waals surface area (Å²) in [5, 5.41) is 9.16. The lowest BCUT2D eigenvalue weighted by molar-refractivity contribution is -0.137. The number of carbonyl (C=O) groups is 1. The Morgan fingerprint density at radius 3 is 2.88 bits per heavy atom. The molecule has 26 heavy (non-hydrogen) atoms. The Hall–Kier alpha value is -1.38. The molecule has 4 rings (SSSR count). The van der Waals surface area contributed by atoms with E-state index in [4.69, 9.17) is 5.11 Å². The third kappa shape index (κ3) is 2.78. The zero-order valence-corrected chi connectivity index (χ0v) is 16.3. The highest BCUT2D eigenvalue weighted by Crippen LogP contribution is 2.64. The first-order chi connectivity index (χ1) is 12.6. The van der Waals surface area contributed by atoms with E-state index in [0.717, 1.165) is 30.6 Å². The van der Waals surface area contributed by atoms with Crippen molar-refractivity contribution in [2.45, 2.75) is 64.7 Å². The lowest BCUT2D eigenvalue weighted by Crippen LogP contribution is -2.46. The molecule has 0 bridgehead atoms. The summed E-state index contributed by atoms with van der Waals surface area (Å²) in [6.07, 6.45) is 17.3. The fraction of sp³-hybridized carbons (Fsp3) is 0.739. The van der Waals surface area contributed by atoms with E-state index in [1.54, 1.807) is 0 Å². The van der Waals surface area contributed by atoms with Crippen molar-refractivity contribution in [3.05, 3.63) is 23.8 Å². The average Bonchev–Trinajstić information content (AvgIpc) is 3.04. The lowest BCUT2D eigenvalue weighted by Gasteiger charge is -2.53. The second kappa shape index (κ2) is 6.98. The fourth-order valence-electron chi connectivity index (χ4n) is 7.23. The second-order valence-corrected chi connectivity index (χ2v) is 9.04. The van der Waals surface area contributed by atoms with Crippen molar-refractivity contribution in [3.63, 3.8) is 0 Å². The van der Waals surface area contributed by atoms with Crippen LogP contribution in [-0.4, -0.2) is 23.8 Å². The minimum atomic E-state index is -0.628. The molecule has 142 valence electrons. The molecule has 0 spiro atoms. The van der Waals surface area contributed by atoms with Gasteiger partial charge in [-0.2, -0.15) is 0 Å². The number of carboxylic acids is 1. The van der Waals surface area contributed by atoms with Crippen molar-refractivity contribution in [2.75, 3.05) is 7.05 Å². The molecule has 0 heterocycles. The third-order valence-electron chi connectivity index (χ3n) is 8.43. The monoisotopic (exact) mass is 355 g/mol. The number of nitrogens with zero attached hydrogens (tertiary/aromatic N) is 1. The van der Waals surface area contributed by atoms with Crippen LogP contribution in [0.2, 0.25) is 0 Å². The van der Waals surface area contributed by atoms with Gasteiger partial charge in [-0.05, 0) is 98.0 Å². The summed E-state index contributed by atoms with van der Waals surface area (Å²) < 4.78 is 0. The van der Waals surface area contributed by atoms with E-state index in [1.807, 2.05) is 7.05 Å². The summed E-state index contributed by atoms with van der Waals surface area (Å²) in [5.74, 6) is 2.99. The van der Waals surface area contributed by atoms with Gasteiger partial charge in [0, 0.05) is 19.2 Å². The minimum absolute atomic E-state index is 0.345. The quantitative estimate of drug-likeness (QED) is 0.746. The standard InChI is InChI=1S/C23H33NO2/c1-3-23-13-12-19-18-9-7-17(24-2)14-15(18)4-8-20(19)21(23)10-5-16(23)6-11-22(25)26/h4,8,14,16,18-21H,3,5-7,9-13H2,1-2H3,(H,25,26). The van der Waals surface area contributed by atoms with E-state index in [0.29, 0.717) is 23.7 Å². The molecule has 1 N–H and O–H groups in total. The van der Waals surface area contributed by atoms with Crippen LogP contribution in [0.15, 0.2) is 28.8 Å². The lowest BCUT2D eigenvalue weighted by atomic mass is 9.51. The van der Waals surface area contributed by atoms with Crippen LogP contribution in [0, 0.1) is 35.0 Å². The van der Waals surface area contributed by atoms with Crippen molar-refractivity contribution in [1.29, 1.82) is 0 Å². The molecule has 0 aromatic rings. The van der Waals surface area contributed by atoms with E-state index in [-0.39, 0.29) is 0 Å². The predicted molar refractivity (Wildman–Crippen MR) is 105 cm³/mol. The number of hydrogen-bond acceptors (Lipinski definition) is 2. The number of aliphatic carboxylic acids is 1. The molecule has 0 aromatic heterocycles. The van der Waals surface area contributed by atoms with Crippen LogP contribution >= 0.6 is 0 Å². The number of hydrogen-bond donors (Lipinski definition) is 1. The molecule has 4 aliphatic carbocycles. The summed E-state index contributed by atoms with van der Waals surface area (Å²) in [4.78, 5) is 15.5. The molecule has 0 saturated heterocycles. The summed E-state index contributed by atoms with van der Waals surface area (Å²) in [6, 6.07) is 0. The van der Waals surface area contributed by atoms with Crippen LogP contribution in [0.4, 0.5) is 0 Å². The van der Waals surface area contributed by atoms with Gasteiger partial charge < -0.3 is 5.11 Å². The van der Waals surface area contributed by atoms with Gasteiger partial charge in [0.1, 0.15) is 0 Å². The van der Waals surface area contributed by atoms with Gasteiger partial charge in [0.05, 0.1) is 0 Å². The van der Waals surface area contributed by atoms with Gasteiger partial charge >= 0.3 is 5.97 Å². The maximum Gasteiger partial charge on any atom is 0.303 e. The van der Waals surface area contributed by atoms with Gasteiger partial charge in [-0.3, -0.25) is 9.79 Å². The minimum Gasteiger partial charge on any atom is -0.481 e. The van der Waals surface area contributed by atoms with Crippen LogP contribution in [0.5, 0.6) is 0 Å². The Morgan fingerprint density at radius 1 is 1.31 bits per heavy atom. The van der Waals surface area contributed by atoms with E-state index < -0.39 is 5.97 Å². The molecule has 0 aromatic carbocycles. The number of fused-ring (bicyclic) bond motifs is 5. The normalized spacial score (nSPS) is 42.8. The first-order valence-electron chi connectivity index (χ1n) is 10.7. The second-order valence-electron chi connectivity index (χ2n) is 9.04. The Kier molecular flexibility index (Phi) is 4.83. The maximum atomic E-state index is 11.1. The van der Waals surface area contributed by atoms with Crippen molar-refractivity contribution in [2.24, 2.45) is 40.0 Å². The topological polar surface area (TPSA) is 49.7 Å². The molecule has 6 unspecified atom stereocenters. The Labute approximate surface area is 157 Å². The zero-order valence-electron chi connectivity index (χ0n) is 16.3. The van der Waals surface area contributed by atoms with Gasteiger partial charge in [0.25, 0.3) is 0 Å². The van der Waals surface area contributed by atoms with Gasteiger partial charge in [-0.1, -0.05) is 19.1 Å². The number of rotatable bonds is 4. The fourth-order valence-corrected chi connectivity index (χ4v) is 7.23. The first-order valence-corrected chi connectivity index (χ1v) is 10.7. The summed E-state index contributed by atoms with van der Waals surface area (Å²) >= 11 is 0. The van der Waals surface area contributed by atoms with Crippen molar-refractivity contribution < 1.29 is 9.90 Å². The Balaban J connectivity index is 1.60. The predicted octanol–water partition coefficient (Wildman–Crippen LogP) is 5.28. The molecule has 4 aliphatic rings. The van der Waals surface area contributed by atoms with Gasteiger partial charge in [0.15, 0.2) is 0 Å². The molecule has 3 nitrogen and oxygen atoms in total. The molecule has 3 heteroatoms. The van der Waals surface area contributed by atoms with Gasteiger partial charge in [-0.15, -0.1) is 0 Å². The maximum absolute atomic E-state index is 11.1. The van der Waals surface area contributed by atoms with Crippen LogP contribution in [0.1, 0.15) is 64.7 Å². The van der Waals surface area contributed by atoms with Crippen LogP contribution in [0.3, 0.4) is 0 Å². The smallest absolute Gasteiger partial charge is 0.303 e. The number of aliphatic imine (C=N–C) groups is 1. The van der Waals surface area contributed by atoms with E-state index in [2.05, 4.69) is 30.1 Å².